The van der Waals surface area contributed by atoms with Crippen LogP contribution in [0.1, 0.15) is 47.5 Å². The Labute approximate surface area is 113 Å². The van der Waals surface area contributed by atoms with Crippen LogP contribution in [-0.2, 0) is 14.3 Å². The Kier molecular flexibility index (Phi) is 4.14. The van der Waals surface area contributed by atoms with Crippen molar-refractivity contribution in [1.82, 2.24) is 5.32 Å². The number of ether oxygens (including phenoxy) is 2. The third kappa shape index (κ3) is 4.38. The molecular formula is C13H23NO5. The molecule has 0 radical (unpaired) electrons. The van der Waals surface area contributed by atoms with Crippen LogP contribution in [0.25, 0.3) is 0 Å². The molecule has 1 amide bonds. The predicted molar refractivity (Wildman–Crippen MR) is 69.0 cm³/mol. The number of carbonyl (C=O) groups is 2. The molecule has 19 heavy (non-hydrogen) atoms. The van der Waals surface area contributed by atoms with Crippen LogP contribution in [0.15, 0.2) is 0 Å². The Balaban J connectivity index is 2.84. The highest BCUT2D eigenvalue weighted by molar-refractivity contribution is 5.84. The monoisotopic (exact) mass is 273 g/mol. The number of carboxylic acids is 1. The van der Waals surface area contributed by atoms with E-state index in [4.69, 9.17) is 9.47 Å². The minimum Gasteiger partial charge on any atom is -0.479 e. The van der Waals surface area contributed by atoms with Crippen LogP contribution in [0.2, 0.25) is 0 Å². The molecule has 0 aromatic carbocycles. The maximum Gasteiger partial charge on any atom is 0.408 e. The lowest BCUT2D eigenvalue weighted by atomic mass is 9.81. The molecule has 0 aromatic heterocycles. The zero-order valence-electron chi connectivity index (χ0n) is 12.2. The van der Waals surface area contributed by atoms with E-state index in [0.717, 1.165) is 0 Å². The molecule has 1 aliphatic rings. The number of amides is 1. The lowest BCUT2D eigenvalue weighted by Crippen LogP contribution is -2.61. The zero-order chi connectivity index (χ0) is 14.9. The van der Waals surface area contributed by atoms with Gasteiger partial charge in [0.25, 0.3) is 0 Å². The Hall–Kier alpha value is -1.30. The molecule has 6 nitrogen and oxygen atoms in total. The highest BCUT2D eigenvalue weighted by atomic mass is 16.6. The number of hydrogen-bond acceptors (Lipinski definition) is 4. The molecule has 0 aromatic rings. The second-order valence-electron chi connectivity index (χ2n) is 6.55. The maximum absolute atomic E-state index is 11.8. The van der Waals surface area contributed by atoms with Crippen LogP contribution < -0.4 is 5.32 Å². The largest absolute Gasteiger partial charge is 0.479 e. The molecule has 0 spiro atoms. The number of carbonyl (C=O) groups excluding carboxylic acids is 1. The van der Waals surface area contributed by atoms with Crippen molar-refractivity contribution >= 4 is 12.1 Å². The van der Waals surface area contributed by atoms with Gasteiger partial charge in [-0.3, -0.25) is 0 Å². The summed E-state index contributed by atoms with van der Waals surface area (Å²) in [6, 6.07) is 0. The van der Waals surface area contributed by atoms with E-state index in [0.29, 0.717) is 0 Å². The fourth-order valence-electron chi connectivity index (χ4n) is 2.21. The average molecular weight is 273 g/mol. The summed E-state index contributed by atoms with van der Waals surface area (Å²) >= 11 is 0. The van der Waals surface area contributed by atoms with Gasteiger partial charge < -0.3 is 19.9 Å². The van der Waals surface area contributed by atoms with Crippen molar-refractivity contribution in [2.45, 2.75) is 64.2 Å². The summed E-state index contributed by atoms with van der Waals surface area (Å²) in [7, 11) is 0. The highest BCUT2D eigenvalue weighted by Gasteiger charge is 2.48. The van der Waals surface area contributed by atoms with Gasteiger partial charge in [0.05, 0.1) is 12.2 Å². The highest BCUT2D eigenvalue weighted by Crippen LogP contribution is 2.32. The molecule has 0 aliphatic carbocycles. The Morgan fingerprint density at radius 1 is 1.32 bits per heavy atom. The van der Waals surface area contributed by atoms with E-state index in [-0.39, 0.29) is 19.4 Å². The SMILES string of the molecule is CC(C)(C)OC(=O)NC1(C(=O)O)CCOC(C)(C)C1. The van der Waals surface area contributed by atoms with Crippen molar-refractivity contribution < 1.29 is 24.2 Å². The summed E-state index contributed by atoms with van der Waals surface area (Å²) in [4.78, 5) is 23.3. The van der Waals surface area contributed by atoms with Crippen molar-refractivity contribution in [3.8, 4) is 0 Å². The Morgan fingerprint density at radius 3 is 2.32 bits per heavy atom. The second kappa shape index (κ2) is 5.00. The molecule has 1 aliphatic heterocycles. The minimum absolute atomic E-state index is 0.203. The van der Waals surface area contributed by atoms with E-state index in [9.17, 15) is 14.7 Å². The van der Waals surface area contributed by atoms with Gasteiger partial charge in [0.1, 0.15) is 11.1 Å². The molecule has 6 heteroatoms. The molecule has 0 saturated carbocycles. The normalized spacial score (nSPS) is 26.6. The number of carboxylic acid groups (broad SMARTS) is 1. The molecule has 110 valence electrons. The van der Waals surface area contributed by atoms with Gasteiger partial charge in [-0.15, -0.1) is 0 Å². The predicted octanol–water partition coefficient (Wildman–Crippen LogP) is 1.92. The van der Waals surface area contributed by atoms with Gasteiger partial charge >= 0.3 is 12.1 Å². The van der Waals surface area contributed by atoms with Crippen LogP contribution in [0, 0.1) is 0 Å². The lowest BCUT2D eigenvalue weighted by molar-refractivity contribution is -0.157. The van der Waals surface area contributed by atoms with Gasteiger partial charge in [0, 0.05) is 12.8 Å². The summed E-state index contributed by atoms with van der Waals surface area (Å²) in [6.45, 7) is 9.09. The van der Waals surface area contributed by atoms with Gasteiger partial charge in [0.2, 0.25) is 0 Å². The van der Waals surface area contributed by atoms with Gasteiger partial charge in [-0.2, -0.15) is 0 Å². The van der Waals surface area contributed by atoms with Gasteiger partial charge in [-0.25, -0.2) is 9.59 Å². The zero-order valence-corrected chi connectivity index (χ0v) is 12.2. The number of alkyl carbamates (subject to hydrolysis) is 1. The first-order valence-corrected chi connectivity index (χ1v) is 6.34. The first kappa shape index (κ1) is 15.8. The van der Waals surface area contributed by atoms with E-state index in [2.05, 4.69) is 5.32 Å². The summed E-state index contributed by atoms with van der Waals surface area (Å²) in [5.74, 6) is -1.06. The van der Waals surface area contributed by atoms with Crippen LogP contribution in [0.5, 0.6) is 0 Å². The summed E-state index contributed by atoms with van der Waals surface area (Å²) in [6.07, 6.45) is -0.285. The van der Waals surface area contributed by atoms with Crippen molar-refractivity contribution in [1.29, 1.82) is 0 Å². The molecule has 1 fully saturated rings. The van der Waals surface area contributed by atoms with Crippen LogP contribution in [-0.4, -0.2) is 40.5 Å². The van der Waals surface area contributed by atoms with E-state index >= 15 is 0 Å². The smallest absolute Gasteiger partial charge is 0.408 e. The summed E-state index contributed by atoms with van der Waals surface area (Å²) < 4.78 is 10.6. The second-order valence-corrected chi connectivity index (χ2v) is 6.55. The maximum atomic E-state index is 11.8. The quantitative estimate of drug-likeness (QED) is 0.803. The standard InChI is InChI=1S/C13H23NO5/c1-11(2,3)19-10(17)14-13(9(15)16)6-7-18-12(4,5)8-13/h6-8H2,1-5H3,(H,14,17)(H,15,16). The third-order valence-corrected chi connectivity index (χ3v) is 2.90. The molecular weight excluding hydrogens is 250 g/mol. The van der Waals surface area contributed by atoms with Gasteiger partial charge in [0.15, 0.2) is 0 Å². The number of hydrogen-bond donors (Lipinski definition) is 2. The third-order valence-electron chi connectivity index (χ3n) is 2.90. The first-order valence-electron chi connectivity index (χ1n) is 6.34. The van der Waals surface area contributed by atoms with E-state index in [1.54, 1.807) is 34.6 Å². The minimum atomic E-state index is -1.33. The van der Waals surface area contributed by atoms with Gasteiger partial charge in [-0.05, 0) is 34.6 Å². The van der Waals surface area contributed by atoms with E-state index < -0.39 is 28.8 Å². The number of aliphatic carboxylic acids is 1. The van der Waals surface area contributed by atoms with E-state index in [1.807, 2.05) is 0 Å². The molecule has 2 N–H and O–H groups in total. The molecule has 1 unspecified atom stereocenters. The average Bonchev–Trinajstić information content (AvgIpc) is 2.11. The van der Waals surface area contributed by atoms with E-state index in [1.165, 1.54) is 0 Å². The first-order chi connectivity index (χ1) is 8.46. The van der Waals surface area contributed by atoms with Crippen molar-refractivity contribution in [3.63, 3.8) is 0 Å². The van der Waals surface area contributed by atoms with Crippen molar-refractivity contribution in [3.05, 3.63) is 0 Å². The number of nitrogens with one attached hydrogen (secondary N) is 1. The van der Waals surface area contributed by atoms with Gasteiger partial charge in [-0.1, -0.05) is 0 Å². The van der Waals surface area contributed by atoms with Crippen LogP contribution in [0.4, 0.5) is 4.79 Å². The lowest BCUT2D eigenvalue weighted by Gasteiger charge is -2.42. The van der Waals surface area contributed by atoms with Crippen LogP contribution >= 0.6 is 0 Å². The molecule has 0 bridgehead atoms. The van der Waals surface area contributed by atoms with Crippen molar-refractivity contribution in [2.75, 3.05) is 6.61 Å². The van der Waals surface area contributed by atoms with Crippen molar-refractivity contribution in [2.24, 2.45) is 0 Å². The number of rotatable bonds is 2. The Bertz CT molecular complexity index is 372. The fraction of sp³-hybridized carbons (Fsp3) is 0.846. The Morgan fingerprint density at radius 2 is 1.89 bits per heavy atom. The molecule has 1 rings (SSSR count). The molecule has 1 heterocycles. The summed E-state index contributed by atoms with van der Waals surface area (Å²) in [5.41, 5.74) is -2.58. The fourth-order valence-corrected chi connectivity index (χ4v) is 2.21. The van der Waals surface area contributed by atoms with Crippen LogP contribution in [0.3, 0.4) is 0 Å². The molecule has 1 saturated heterocycles. The molecule has 1 atom stereocenters. The topological polar surface area (TPSA) is 84.9 Å². The summed E-state index contributed by atoms with van der Waals surface area (Å²) in [5, 5.41) is 11.9.